The molecule has 1 atom stereocenters. The normalized spacial score (nSPS) is 17.8. The number of hydrogen-bond donors (Lipinski definition) is 1. The summed E-state index contributed by atoms with van der Waals surface area (Å²) in [6.07, 6.45) is -4.24. The summed E-state index contributed by atoms with van der Waals surface area (Å²) < 4.78 is 40.4. The molecule has 116 valence electrons. The van der Waals surface area contributed by atoms with E-state index in [9.17, 15) is 13.2 Å². The highest BCUT2D eigenvalue weighted by molar-refractivity contribution is 9.10. The van der Waals surface area contributed by atoms with Gasteiger partial charge < -0.3 is 5.32 Å². The number of nitrogens with zero attached hydrogens (tertiary/aromatic N) is 1. The first kappa shape index (κ1) is 20.0. The Labute approximate surface area is 137 Å². The number of hydrogen-bond acceptors (Lipinski definition) is 2. The van der Waals surface area contributed by atoms with Gasteiger partial charge in [0.2, 0.25) is 0 Å². The Balaban J connectivity index is 0.00000180. The van der Waals surface area contributed by atoms with Crippen LogP contribution in [0, 0.1) is 0 Å². The van der Waals surface area contributed by atoms with Crippen molar-refractivity contribution in [3.8, 4) is 0 Å². The summed E-state index contributed by atoms with van der Waals surface area (Å²) in [6, 6.07) is 4.86. The molecular formula is C12H16BrCl2F3N2. The molecule has 1 N–H and O–H groups in total. The van der Waals surface area contributed by atoms with Gasteiger partial charge in [0.05, 0.1) is 0 Å². The van der Waals surface area contributed by atoms with Gasteiger partial charge in [0.1, 0.15) is 6.04 Å². The first-order valence-corrected chi connectivity index (χ1v) is 6.55. The van der Waals surface area contributed by atoms with E-state index < -0.39 is 12.2 Å². The fourth-order valence-electron chi connectivity index (χ4n) is 2.19. The average Bonchev–Trinajstić information content (AvgIpc) is 2.32. The first-order chi connectivity index (χ1) is 8.48. The molecule has 1 aliphatic heterocycles. The monoisotopic (exact) mass is 394 g/mol. The highest BCUT2D eigenvalue weighted by Gasteiger charge is 2.44. The van der Waals surface area contributed by atoms with Gasteiger partial charge in [-0.2, -0.15) is 13.2 Å². The van der Waals surface area contributed by atoms with Crippen LogP contribution in [-0.4, -0.2) is 37.3 Å². The quantitative estimate of drug-likeness (QED) is 0.819. The van der Waals surface area contributed by atoms with E-state index in [1.54, 1.807) is 12.1 Å². The highest BCUT2D eigenvalue weighted by atomic mass is 79.9. The van der Waals surface area contributed by atoms with Crippen LogP contribution in [0.1, 0.15) is 11.6 Å². The lowest BCUT2D eigenvalue weighted by Gasteiger charge is -2.36. The Morgan fingerprint density at radius 2 is 1.55 bits per heavy atom. The predicted octanol–water partition coefficient (Wildman–Crippen LogP) is 3.80. The Morgan fingerprint density at radius 3 is 2.00 bits per heavy atom. The second kappa shape index (κ2) is 8.44. The van der Waals surface area contributed by atoms with Crippen LogP contribution in [0.4, 0.5) is 13.2 Å². The van der Waals surface area contributed by atoms with Crippen molar-refractivity contribution >= 4 is 40.7 Å². The van der Waals surface area contributed by atoms with Gasteiger partial charge in [-0.1, -0.05) is 28.1 Å². The molecule has 0 unspecified atom stereocenters. The molecule has 0 spiro atoms. The first-order valence-electron chi connectivity index (χ1n) is 5.75. The van der Waals surface area contributed by atoms with E-state index in [1.807, 2.05) is 0 Å². The van der Waals surface area contributed by atoms with Crippen LogP contribution in [0.2, 0.25) is 0 Å². The molecule has 8 heteroatoms. The summed E-state index contributed by atoms with van der Waals surface area (Å²) in [5, 5.41) is 3.07. The third-order valence-electron chi connectivity index (χ3n) is 3.01. The van der Waals surface area contributed by atoms with Crippen molar-refractivity contribution in [1.29, 1.82) is 0 Å². The standard InChI is InChI=1S/C12H14BrF3N2.2ClH/c13-10-3-1-9(2-4-10)11(12(14,15)16)18-7-5-17-6-8-18;;/h1-4,11,17H,5-8H2;2*1H/t11-;;/m0../s1. The summed E-state index contributed by atoms with van der Waals surface area (Å²) >= 11 is 3.24. The van der Waals surface area contributed by atoms with E-state index in [-0.39, 0.29) is 24.8 Å². The molecule has 0 saturated carbocycles. The molecule has 2 rings (SSSR count). The van der Waals surface area contributed by atoms with Crippen molar-refractivity contribution in [2.24, 2.45) is 0 Å². The molecule has 0 radical (unpaired) electrons. The molecule has 2 nitrogen and oxygen atoms in total. The fraction of sp³-hybridized carbons (Fsp3) is 0.500. The predicted molar refractivity (Wildman–Crippen MR) is 81.9 cm³/mol. The van der Waals surface area contributed by atoms with E-state index in [2.05, 4.69) is 21.2 Å². The molecule has 0 bridgehead atoms. The number of benzene rings is 1. The second-order valence-electron chi connectivity index (χ2n) is 4.28. The summed E-state index contributed by atoms with van der Waals surface area (Å²) in [5.41, 5.74) is 0.299. The van der Waals surface area contributed by atoms with Gasteiger partial charge in [0.15, 0.2) is 0 Å². The number of piperazine rings is 1. The van der Waals surface area contributed by atoms with Crippen molar-refractivity contribution in [2.45, 2.75) is 12.2 Å². The van der Waals surface area contributed by atoms with E-state index >= 15 is 0 Å². The molecule has 0 aromatic heterocycles. The highest BCUT2D eigenvalue weighted by Crippen LogP contribution is 2.38. The maximum Gasteiger partial charge on any atom is 0.408 e. The van der Waals surface area contributed by atoms with Crippen LogP contribution in [0.3, 0.4) is 0 Å². The fourth-order valence-corrected chi connectivity index (χ4v) is 2.46. The zero-order chi connectivity index (χ0) is 13.2. The molecule has 1 aromatic carbocycles. The molecule has 1 saturated heterocycles. The second-order valence-corrected chi connectivity index (χ2v) is 5.20. The minimum absolute atomic E-state index is 0. The summed E-state index contributed by atoms with van der Waals surface area (Å²) in [6.45, 7) is 2.03. The molecule has 0 aliphatic carbocycles. The largest absolute Gasteiger partial charge is 0.408 e. The number of alkyl halides is 3. The Hall–Kier alpha value is -0.0100. The van der Waals surface area contributed by atoms with Gasteiger partial charge >= 0.3 is 6.18 Å². The van der Waals surface area contributed by atoms with Crippen LogP contribution >= 0.6 is 40.7 Å². The van der Waals surface area contributed by atoms with Crippen molar-refractivity contribution < 1.29 is 13.2 Å². The Bertz CT molecular complexity index is 395. The van der Waals surface area contributed by atoms with E-state index in [0.717, 1.165) is 4.47 Å². The Morgan fingerprint density at radius 1 is 1.05 bits per heavy atom. The molecular weight excluding hydrogens is 380 g/mol. The number of nitrogens with one attached hydrogen (secondary N) is 1. The van der Waals surface area contributed by atoms with Gasteiger partial charge in [0.25, 0.3) is 0 Å². The van der Waals surface area contributed by atoms with Crippen LogP contribution in [-0.2, 0) is 0 Å². The Kier molecular flexibility index (Phi) is 8.43. The zero-order valence-corrected chi connectivity index (χ0v) is 13.7. The van der Waals surface area contributed by atoms with Crippen molar-refractivity contribution in [1.82, 2.24) is 10.2 Å². The van der Waals surface area contributed by atoms with Crippen LogP contribution in [0.25, 0.3) is 0 Å². The van der Waals surface area contributed by atoms with Crippen LogP contribution in [0.5, 0.6) is 0 Å². The molecule has 20 heavy (non-hydrogen) atoms. The van der Waals surface area contributed by atoms with E-state index in [4.69, 9.17) is 0 Å². The van der Waals surface area contributed by atoms with E-state index in [1.165, 1.54) is 17.0 Å². The topological polar surface area (TPSA) is 15.3 Å². The molecule has 1 fully saturated rings. The van der Waals surface area contributed by atoms with E-state index in [0.29, 0.717) is 31.7 Å². The van der Waals surface area contributed by atoms with Crippen molar-refractivity contribution in [2.75, 3.05) is 26.2 Å². The minimum atomic E-state index is -4.24. The lowest BCUT2D eigenvalue weighted by atomic mass is 10.0. The van der Waals surface area contributed by atoms with Gasteiger partial charge in [-0.15, -0.1) is 24.8 Å². The zero-order valence-electron chi connectivity index (χ0n) is 10.5. The minimum Gasteiger partial charge on any atom is -0.314 e. The van der Waals surface area contributed by atoms with Crippen molar-refractivity contribution in [3.63, 3.8) is 0 Å². The number of halogens is 6. The molecule has 1 aromatic rings. The number of rotatable bonds is 2. The summed E-state index contributed by atoms with van der Waals surface area (Å²) in [4.78, 5) is 1.49. The van der Waals surface area contributed by atoms with Gasteiger partial charge in [-0.25, -0.2) is 0 Å². The van der Waals surface area contributed by atoms with Gasteiger partial charge in [0, 0.05) is 30.7 Å². The maximum atomic E-state index is 13.2. The van der Waals surface area contributed by atoms with Gasteiger partial charge in [-0.3, -0.25) is 4.90 Å². The summed E-state index contributed by atoms with van der Waals surface area (Å²) in [7, 11) is 0. The third kappa shape index (κ3) is 5.07. The molecule has 1 heterocycles. The van der Waals surface area contributed by atoms with Crippen LogP contribution < -0.4 is 5.32 Å². The average molecular weight is 396 g/mol. The summed E-state index contributed by atoms with van der Waals surface area (Å²) in [5.74, 6) is 0. The molecule has 0 amide bonds. The molecule has 1 aliphatic rings. The lowest BCUT2D eigenvalue weighted by Crippen LogP contribution is -2.49. The SMILES string of the molecule is Cl.Cl.FC(F)(F)[C@H](c1ccc(Br)cc1)N1CCNCC1. The van der Waals surface area contributed by atoms with Gasteiger partial charge in [-0.05, 0) is 17.7 Å². The lowest BCUT2D eigenvalue weighted by molar-refractivity contribution is -0.187. The maximum absolute atomic E-state index is 13.2. The van der Waals surface area contributed by atoms with Crippen LogP contribution in [0.15, 0.2) is 28.7 Å². The smallest absolute Gasteiger partial charge is 0.314 e. The third-order valence-corrected chi connectivity index (χ3v) is 3.54. The van der Waals surface area contributed by atoms with Crippen molar-refractivity contribution in [3.05, 3.63) is 34.3 Å².